The second-order valence-corrected chi connectivity index (χ2v) is 8.14. The number of carbonyl (C=O) groups is 1. The minimum absolute atomic E-state index is 0.0143. The Labute approximate surface area is 174 Å². The average molecular weight is 409 g/mol. The highest BCUT2D eigenvalue weighted by molar-refractivity contribution is 7.99. The van der Waals surface area contributed by atoms with Gasteiger partial charge in [-0.3, -0.25) is 9.36 Å². The molecular formula is C22H24N4O2S. The number of carbonyl (C=O) groups excluding carboxylic acids is 1. The third-order valence-corrected chi connectivity index (χ3v) is 6.30. The van der Waals surface area contributed by atoms with Gasteiger partial charge in [0.1, 0.15) is 11.6 Å². The average Bonchev–Trinajstić information content (AvgIpc) is 3.10. The fourth-order valence-corrected chi connectivity index (χ4v) is 4.47. The number of rotatable bonds is 7. The number of nitrogens with zero attached hydrogens (tertiary/aromatic N) is 3. The molecule has 0 atom stereocenters. The fraction of sp³-hybridized carbons (Fsp3) is 0.318. The summed E-state index contributed by atoms with van der Waals surface area (Å²) in [6.07, 6.45) is 3.09. The molecule has 1 fully saturated rings. The second kappa shape index (κ2) is 8.29. The third kappa shape index (κ3) is 4.00. The van der Waals surface area contributed by atoms with Gasteiger partial charge in [0.15, 0.2) is 5.16 Å². The molecule has 1 amide bonds. The normalized spacial score (nSPS) is 14.8. The molecule has 1 aliphatic carbocycles. The van der Waals surface area contributed by atoms with Crippen LogP contribution in [0.4, 0.5) is 0 Å². The van der Waals surface area contributed by atoms with Crippen LogP contribution in [0.15, 0.2) is 59.8 Å². The van der Waals surface area contributed by atoms with Crippen molar-refractivity contribution in [2.45, 2.75) is 36.9 Å². The molecule has 1 saturated carbocycles. The number of aromatic nitrogens is 3. The lowest BCUT2D eigenvalue weighted by Gasteiger charge is -2.43. The Morgan fingerprint density at radius 2 is 1.86 bits per heavy atom. The lowest BCUT2D eigenvalue weighted by Crippen LogP contribution is -2.51. The molecular weight excluding hydrogens is 384 g/mol. The quantitative estimate of drug-likeness (QED) is 0.601. The summed E-state index contributed by atoms with van der Waals surface area (Å²) in [5, 5.41) is 12.4. The molecule has 1 aliphatic rings. The number of hydrogen-bond acceptors (Lipinski definition) is 5. The van der Waals surface area contributed by atoms with E-state index in [1.165, 1.54) is 17.3 Å². The number of methoxy groups -OCH3 is 1. The zero-order valence-corrected chi connectivity index (χ0v) is 17.4. The van der Waals surface area contributed by atoms with E-state index in [2.05, 4.69) is 27.6 Å². The van der Waals surface area contributed by atoms with Gasteiger partial charge in [-0.1, -0.05) is 42.1 Å². The van der Waals surface area contributed by atoms with Crippen LogP contribution < -0.4 is 10.1 Å². The molecule has 0 aliphatic heterocycles. The summed E-state index contributed by atoms with van der Waals surface area (Å²) < 4.78 is 7.18. The SMILES string of the molecule is COc1ccc(-n2c(C)nnc2SCC(=O)NC2(c3ccccc3)CCC2)cc1. The second-order valence-electron chi connectivity index (χ2n) is 7.20. The third-order valence-electron chi connectivity index (χ3n) is 5.37. The molecule has 3 aromatic rings. The van der Waals surface area contributed by atoms with Crippen molar-refractivity contribution in [2.24, 2.45) is 0 Å². The highest BCUT2D eigenvalue weighted by Crippen LogP contribution is 2.41. The Morgan fingerprint density at radius 3 is 2.48 bits per heavy atom. The number of aryl methyl sites for hydroxylation is 1. The first kappa shape index (κ1) is 19.5. The lowest BCUT2D eigenvalue weighted by molar-refractivity contribution is -0.121. The molecule has 0 unspecified atom stereocenters. The fourth-order valence-electron chi connectivity index (χ4n) is 3.67. The molecule has 150 valence electrons. The van der Waals surface area contributed by atoms with Crippen molar-refractivity contribution >= 4 is 17.7 Å². The number of ether oxygens (including phenoxy) is 1. The van der Waals surface area contributed by atoms with Crippen molar-refractivity contribution < 1.29 is 9.53 Å². The van der Waals surface area contributed by atoms with Crippen molar-refractivity contribution in [3.8, 4) is 11.4 Å². The number of hydrogen-bond donors (Lipinski definition) is 1. The van der Waals surface area contributed by atoms with Gasteiger partial charge in [-0.25, -0.2) is 0 Å². The maximum atomic E-state index is 12.7. The standard InChI is InChI=1S/C22H24N4O2S/c1-16-24-25-21(26(16)18-9-11-19(28-2)12-10-18)29-15-20(27)23-22(13-6-14-22)17-7-4-3-5-8-17/h3-5,7-12H,6,13-15H2,1-2H3,(H,23,27). The van der Waals surface area contributed by atoms with E-state index in [0.29, 0.717) is 10.9 Å². The molecule has 0 bridgehead atoms. The summed E-state index contributed by atoms with van der Waals surface area (Å²) in [5.41, 5.74) is 1.90. The predicted molar refractivity (Wildman–Crippen MR) is 113 cm³/mol. The van der Waals surface area contributed by atoms with Crippen LogP contribution in [0.2, 0.25) is 0 Å². The zero-order chi connectivity index (χ0) is 20.3. The largest absolute Gasteiger partial charge is 0.497 e. The Morgan fingerprint density at radius 1 is 1.14 bits per heavy atom. The van der Waals surface area contributed by atoms with Gasteiger partial charge in [0.2, 0.25) is 5.91 Å². The van der Waals surface area contributed by atoms with E-state index in [4.69, 9.17) is 4.74 Å². The summed E-state index contributed by atoms with van der Waals surface area (Å²) in [6.45, 7) is 1.90. The topological polar surface area (TPSA) is 69.0 Å². The van der Waals surface area contributed by atoms with Gasteiger partial charge in [-0.15, -0.1) is 10.2 Å². The Balaban J connectivity index is 1.45. The lowest BCUT2D eigenvalue weighted by atomic mass is 9.72. The first-order valence-corrected chi connectivity index (χ1v) is 10.7. The molecule has 0 saturated heterocycles. The van der Waals surface area contributed by atoms with E-state index in [-0.39, 0.29) is 11.4 Å². The van der Waals surface area contributed by atoms with E-state index in [1.54, 1.807) is 7.11 Å². The van der Waals surface area contributed by atoms with Crippen LogP contribution in [0.5, 0.6) is 5.75 Å². The highest BCUT2D eigenvalue weighted by Gasteiger charge is 2.39. The number of nitrogens with one attached hydrogen (secondary N) is 1. The van der Waals surface area contributed by atoms with E-state index < -0.39 is 0 Å². The number of amides is 1. The molecule has 29 heavy (non-hydrogen) atoms. The summed E-state index contributed by atoms with van der Waals surface area (Å²) in [4.78, 5) is 12.7. The molecule has 1 heterocycles. The van der Waals surface area contributed by atoms with Gasteiger partial charge in [0, 0.05) is 5.69 Å². The first-order chi connectivity index (χ1) is 14.1. The van der Waals surface area contributed by atoms with Crippen molar-refractivity contribution in [3.63, 3.8) is 0 Å². The van der Waals surface area contributed by atoms with Crippen LogP contribution in [-0.2, 0) is 10.3 Å². The van der Waals surface area contributed by atoms with Gasteiger partial charge in [0.25, 0.3) is 0 Å². The van der Waals surface area contributed by atoms with Gasteiger partial charge in [-0.2, -0.15) is 0 Å². The van der Waals surface area contributed by atoms with Crippen molar-refractivity contribution in [1.29, 1.82) is 0 Å². The van der Waals surface area contributed by atoms with Gasteiger partial charge >= 0.3 is 0 Å². The van der Waals surface area contributed by atoms with Gasteiger partial charge < -0.3 is 10.1 Å². The van der Waals surface area contributed by atoms with Gasteiger partial charge in [-0.05, 0) is 56.0 Å². The maximum absolute atomic E-state index is 12.7. The van der Waals surface area contributed by atoms with E-state index in [1.807, 2.05) is 54.0 Å². The molecule has 2 aromatic carbocycles. The summed E-state index contributed by atoms with van der Waals surface area (Å²) in [5.74, 6) is 1.88. The molecule has 7 heteroatoms. The summed E-state index contributed by atoms with van der Waals surface area (Å²) >= 11 is 1.40. The first-order valence-electron chi connectivity index (χ1n) is 9.67. The van der Waals surface area contributed by atoms with Crippen molar-refractivity contribution in [1.82, 2.24) is 20.1 Å². The molecule has 0 spiro atoms. The molecule has 1 N–H and O–H groups in total. The maximum Gasteiger partial charge on any atom is 0.231 e. The van der Waals surface area contributed by atoms with E-state index >= 15 is 0 Å². The Hall–Kier alpha value is -2.80. The molecule has 4 rings (SSSR count). The predicted octanol–water partition coefficient (Wildman–Crippen LogP) is 3.87. The molecule has 6 nitrogen and oxygen atoms in total. The monoisotopic (exact) mass is 408 g/mol. The zero-order valence-electron chi connectivity index (χ0n) is 16.6. The van der Waals surface area contributed by atoms with Crippen LogP contribution in [0.1, 0.15) is 30.7 Å². The Kier molecular flexibility index (Phi) is 5.58. The highest BCUT2D eigenvalue weighted by atomic mass is 32.2. The molecule has 0 radical (unpaired) electrons. The van der Waals surface area contributed by atoms with Crippen LogP contribution in [0.3, 0.4) is 0 Å². The minimum atomic E-state index is -0.224. The summed E-state index contributed by atoms with van der Waals surface area (Å²) in [7, 11) is 1.64. The van der Waals surface area contributed by atoms with E-state index in [0.717, 1.165) is 36.5 Å². The number of benzene rings is 2. The van der Waals surface area contributed by atoms with Crippen LogP contribution >= 0.6 is 11.8 Å². The van der Waals surface area contributed by atoms with Crippen LogP contribution in [-0.4, -0.2) is 33.5 Å². The van der Waals surface area contributed by atoms with Crippen LogP contribution in [0.25, 0.3) is 5.69 Å². The number of thioether (sulfide) groups is 1. The van der Waals surface area contributed by atoms with Gasteiger partial charge in [0.05, 0.1) is 18.4 Å². The smallest absolute Gasteiger partial charge is 0.231 e. The Bertz CT molecular complexity index is 982. The van der Waals surface area contributed by atoms with E-state index in [9.17, 15) is 4.79 Å². The van der Waals surface area contributed by atoms with Crippen LogP contribution in [0, 0.1) is 6.92 Å². The van der Waals surface area contributed by atoms with Crippen molar-refractivity contribution in [3.05, 3.63) is 66.0 Å². The molecule has 1 aromatic heterocycles. The minimum Gasteiger partial charge on any atom is -0.497 e. The summed E-state index contributed by atoms with van der Waals surface area (Å²) in [6, 6.07) is 17.9. The van der Waals surface area contributed by atoms with Crippen molar-refractivity contribution in [2.75, 3.05) is 12.9 Å².